The summed E-state index contributed by atoms with van der Waals surface area (Å²) in [6.07, 6.45) is 0.434. The second-order valence-electron chi connectivity index (χ2n) is 4.38. The van der Waals surface area contributed by atoms with Crippen LogP contribution in [0.2, 0.25) is 0 Å². The van der Waals surface area contributed by atoms with Crippen molar-refractivity contribution in [2.75, 3.05) is 0 Å². The lowest BCUT2D eigenvalue weighted by molar-refractivity contribution is -0.156. The van der Waals surface area contributed by atoms with Crippen molar-refractivity contribution >= 4 is 5.97 Å². The number of halogens is 1. The minimum absolute atomic E-state index is 0.152. The van der Waals surface area contributed by atoms with Gasteiger partial charge in [-0.2, -0.15) is 0 Å². The van der Waals surface area contributed by atoms with Gasteiger partial charge in [0.05, 0.1) is 6.10 Å². The maximum atomic E-state index is 13.0. The first kappa shape index (κ1) is 11.9. The van der Waals surface area contributed by atoms with Crippen LogP contribution in [0, 0.1) is 5.82 Å². The molecule has 0 spiro atoms. The predicted octanol–water partition coefficient (Wildman–Crippen LogP) is 2.47. The topological polar surface area (TPSA) is 35.5 Å². The van der Waals surface area contributed by atoms with Gasteiger partial charge >= 0.3 is 5.97 Å². The second kappa shape index (κ2) is 4.73. The normalized spacial score (nSPS) is 18.5. The summed E-state index contributed by atoms with van der Waals surface area (Å²) in [4.78, 5) is 11.7. The number of aryl methyl sites for hydroxylation is 1. The van der Waals surface area contributed by atoms with Crippen molar-refractivity contribution in [2.24, 2.45) is 0 Å². The molecule has 1 heterocycles. The third-order valence-corrected chi connectivity index (χ3v) is 2.58. The molecule has 17 heavy (non-hydrogen) atoms. The van der Waals surface area contributed by atoms with E-state index in [0.717, 1.165) is 5.56 Å². The molecule has 1 aliphatic heterocycles. The van der Waals surface area contributed by atoms with Crippen molar-refractivity contribution in [3.8, 4) is 5.75 Å². The Morgan fingerprint density at radius 3 is 3.00 bits per heavy atom. The predicted molar refractivity (Wildman–Crippen MR) is 60.4 cm³/mol. The molecule has 0 bridgehead atoms. The highest BCUT2D eigenvalue weighted by Gasteiger charge is 2.28. The molecule has 0 aromatic heterocycles. The number of rotatable bonds is 2. The van der Waals surface area contributed by atoms with Gasteiger partial charge in [-0.1, -0.05) is 0 Å². The summed E-state index contributed by atoms with van der Waals surface area (Å²) in [5, 5.41) is 0. The van der Waals surface area contributed by atoms with Crippen molar-refractivity contribution in [3.63, 3.8) is 0 Å². The Hall–Kier alpha value is -1.58. The number of carbonyl (C=O) groups is 1. The molecule has 0 aliphatic carbocycles. The van der Waals surface area contributed by atoms with Gasteiger partial charge in [0.15, 0.2) is 6.10 Å². The smallest absolute Gasteiger partial charge is 0.347 e. The molecule has 0 amide bonds. The highest BCUT2D eigenvalue weighted by atomic mass is 19.1. The summed E-state index contributed by atoms with van der Waals surface area (Å²) < 4.78 is 23.6. The van der Waals surface area contributed by atoms with E-state index in [-0.39, 0.29) is 17.9 Å². The van der Waals surface area contributed by atoms with Crippen molar-refractivity contribution in [1.29, 1.82) is 0 Å². The van der Waals surface area contributed by atoms with Crippen molar-refractivity contribution in [3.05, 3.63) is 29.6 Å². The summed E-state index contributed by atoms with van der Waals surface area (Å²) in [5.41, 5.74) is 0.804. The molecule has 0 saturated carbocycles. The fourth-order valence-corrected chi connectivity index (χ4v) is 1.83. The number of hydrogen-bond acceptors (Lipinski definition) is 3. The SMILES string of the molecule is CC(C)OC(=O)[C@@H]1CCc2cc(F)ccc2O1. The molecule has 1 aromatic rings. The molecular formula is C13H15FO3. The Labute approximate surface area is 99.5 Å². The van der Waals surface area contributed by atoms with E-state index in [2.05, 4.69) is 0 Å². The molecule has 1 atom stereocenters. The lowest BCUT2D eigenvalue weighted by Gasteiger charge is -2.25. The van der Waals surface area contributed by atoms with Gasteiger partial charge in [0.2, 0.25) is 0 Å². The van der Waals surface area contributed by atoms with Gasteiger partial charge in [-0.3, -0.25) is 0 Å². The number of hydrogen-bond donors (Lipinski definition) is 0. The van der Waals surface area contributed by atoms with Crippen LogP contribution in [0.15, 0.2) is 18.2 Å². The first-order valence-corrected chi connectivity index (χ1v) is 5.72. The van der Waals surface area contributed by atoms with E-state index < -0.39 is 6.10 Å². The Morgan fingerprint density at radius 1 is 1.53 bits per heavy atom. The summed E-state index contributed by atoms with van der Waals surface area (Å²) in [6, 6.07) is 4.33. The lowest BCUT2D eigenvalue weighted by Crippen LogP contribution is -2.34. The van der Waals surface area contributed by atoms with Crippen LogP contribution in [0.4, 0.5) is 4.39 Å². The average Bonchev–Trinajstić information content (AvgIpc) is 2.27. The molecule has 0 radical (unpaired) electrons. The standard InChI is InChI=1S/C13H15FO3/c1-8(2)16-13(15)12-5-3-9-7-10(14)4-6-11(9)17-12/h4,6-8,12H,3,5H2,1-2H3/t12-/m0/s1. The molecule has 0 N–H and O–H groups in total. The van der Waals surface area contributed by atoms with Crippen LogP contribution in [-0.2, 0) is 16.0 Å². The molecular weight excluding hydrogens is 223 g/mol. The van der Waals surface area contributed by atoms with E-state index in [1.54, 1.807) is 19.9 Å². The maximum Gasteiger partial charge on any atom is 0.347 e. The largest absolute Gasteiger partial charge is 0.478 e. The van der Waals surface area contributed by atoms with Crippen LogP contribution in [0.25, 0.3) is 0 Å². The maximum absolute atomic E-state index is 13.0. The minimum atomic E-state index is -0.574. The van der Waals surface area contributed by atoms with Crippen molar-refractivity contribution in [1.82, 2.24) is 0 Å². The van der Waals surface area contributed by atoms with E-state index in [1.807, 2.05) is 0 Å². The fraction of sp³-hybridized carbons (Fsp3) is 0.462. The highest BCUT2D eigenvalue weighted by molar-refractivity contribution is 5.75. The summed E-state index contributed by atoms with van der Waals surface area (Å²) in [7, 11) is 0. The van der Waals surface area contributed by atoms with Gasteiger partial charge in [-0.15, -0.1) is 0 Å². The number of esters is 1. The van der Waals surface area contributed by atoms with Gasteiger partial charge in [-0.25, -0.2) is 9.18 Å². The van der Waals surface area contributed by atoms with Gasteiger partial charge in [0.25, 0.3) is 0 Å². The van der Waals surface area contributed by atoms with Crippen LogP contribution >= 0.6 is 0 Å². The zero-order valence-corrected chi connectivity index (χ0v) is 9.90. The summed E-state index contributed by atoms with van der Waals surface area (Å²) in [5.74, 6) is -0.0612. The zero-order chi connectivity index (χ0) is 12.4. The summed E-state index contributed by atoms with van der Waals surface area (Å²) >= 11 is 0. The minimum Gasteiger partial charge on any atom is -0.478 e. The Morgan fingerprint density at radius 2 is 2.29 bits per heavy atom. The van der Waals surface area contributed by atoms with Gasteiger partial charge in [-0.05, 0) is 50.5 Å². The van der Waals surface area contributed by atoms with Crippen molar-refractivity contribution in [2.45, 2.75) is 38.9 Å². The van der Waals surface area contributed by atoms with Crippen LogP contribution in [-0.4, -0.2) is 18.2 Å². The van der Waals surface area contributed by atoms with Gasteiger partial charge in [0, 0.05) is 0 Å². The molecule has 92 valence electrons. The van der Waals surface area contributed by atoms with Crippen LogP contribution < -0.4 is 4.74 Å². The molecule has 1 aliphatic rings. The first-order chi connectivity index (χ1) is 8.06. The number of fused-ring (bicyclic) bond motifs is 1. The molecule has 0 saturated heterocycles. The number of ether oxygens (including phenoxy) is 2. The third-order valence-electron chi connectivity index (χ3n) is 2.58. The molecule has 4 heteroatoms. The fourth-order valence-electron chi connectivity index (χ4n) is 1.83. The lowest BCUT2D eigenvalue weighted by atomic mass is 10.0. The molecule has 0 fully saturated rings. The summed E-state index contributed by atoms with van der Waals surface area (Å²) in [6.45, 7) is 3.59. The van der Waals surface area contributed by atoms with E-state index >= 15 is 0 Å². The Bertz CT molecular complexity index is 429. The van der Waals surface area contributed by atoms with E-state index in [0.29, 0.717) is 18.6 Å². The second-order valence-corrected chi connectivity index (χ2v) is 4.38. The number of benzene rings is 1. The zero-order valence-electron chi connectivity index (χ0n) is 9.90. The highest BCUT2D eigenvalue weighted by Crippen LogP contribution is 2.28. The molecule has 0 unspecified atom stereocenters. The first-order valence-electron chi connectivity index (χ1n) is 5.72. The van der Waals surface area contributed by atoms with Gasteiger partial charge < -0.3 is 9.47 Å². The van der Waals surface area contributed by atoms with E-state index in [9.17, 15) is 9.18 Å². The van der Waals surface area contributed by atoms with E-state index in [1.165, 1.54) is 12.1 Å². The van der Waals surface area contributed by atoms with Crippen LogP contribution in [0.1, 0.15) is 25.8 Å². The Kier molecular flexibility index (Phi) is 3.31. The molecule has 2 rings (SSSR count). The molecule has 3 nitrogen and oxygen atoms in total. The van der Waals surface area contributed by atoms with Crippen LogP contribution in [0.5, 0.6) is 5.75 Å². The molecule has 1 aromatic carbocycles. The third kappa shape index (κ3) is 2.75. The monoisotopic (exact) mass is 238 g/mol. The van der Waals surface area contributed by atoms with Gasteiger partial charge in [0.1, 0.15) is 11.6 Å². The average molecular weight is 238 g/mol. The number of carbonyl (C=O) groups excluding carboxylic acids is 1. The van der Waals surface area contributed by atoms with E-state index in [4.69, 9.17) is 9.47 Å². The van der Waals surface area contributed by atoms with Crippen LogP contribution in [0.3, 0.4) is 0 Å². The van der Waals surface area contributed by atoms with Crippen molar-refractivity contribution < 1.29 is 18.7 Å². The quantitative estimate of drug-likeness (QED) is 0.742. The Balaban J connectivity index is 2.08.